The zero-order chi connectivity index (χ0) is 14.6. The molecule has 0 spiro atoms. The van der Waals surface area contributed by atoms with Crippen LogP contribution >= 0.6 is 0 Å². The highest BCUT2D eigenvalue weighted by atomic mass is 32.2. The van der Waals surface area contributed by atoms with E-state index in [1.165, 1.54) is 17.9 Å². The van der Waals surface area contributed by atoms with Gasteiger partial charge in [-0.05, 0) is 19.9 Å². The standard InChI is InChI=1S/C11H18N2O5S/c1-8(2)13-7-9(6-10(13)11(14)15)19(16,17)12-4-5-18-3/h6-8,12H,4-5H2,1-3H3,(H,14,15). The van der Waals surface area contributed by atoms with Gasteiger partial charge in [0.2, 0.25) is 10.0 Å². The number of nitrogens with one attached hydrogen (secondary N) is 1. The normalized spacial score (nSPS) is 12.0. The summed E-state index contributed by atoms with van der Waals surface area (Å²) in [7, 11) is -2.25. The molecule has 0 aliphatic rings. The predicted octanol–water partition coefficient (Wildman–Crippen LogP) is 0.692. The van der Waals surface area contributed by atoms with Crippen molar-refractivity contribution in [3.8, 4) is 0 Å². The van der Waals surface area contributed by atoms with Gasteiger partial charge in [0.1, 0.15) is 10.6 Å². The molecule has 7 nitrogen and oxygen atoms in total. The molecule has 8 heteroatoms. The van der Waals surface area contributed by atoms with Crippen LogP contribution in [0.25, 0.3) is 0 Å². The molecule has 0 aromatic carbocycles. The van der Waals surface area contributed by atoms with E-state index >= 15 is 0 Å². The zero-order valence-electron chi connectivity index (χ0n) is 11.1. The third kappa shape index (κ3) is 3.79. The van der Waals surface area contributed by atoms with E-state index in [1.807, 2.05) is 0 Å². The summed E-state index contributed by atoms with van der Waals surface area (Å²) in [4.78, 5) is 11.0. The molecule has 0 radical (unpaired) electrons. The van der Waals surface area contributed by atoms with Gasteiger partial charge in [-0.15, -0.1) is 0 Å². The number of sulfonamides is 1. The van der Waals surface area contributed by atoms with Gasteiger partial charge in [0, 0.05) is 25.9 Å². The van der Waals surface area contributed by atoms with Gasteiger partial charge >= 0.3 is 5.97 Å². The van der Waals surface area contributed by atoms with Crippen molar-refractivity contribution in [3.63, 3.8) is 0 Å². The molecule has 2 N–H and O–H groups in total. The van der Waals surface area contributed by atoms with Crippen molar-refractivity contribution in [2.45, 2.75) is 24.8 Å². The van der Waals surface area contributed by atoms with Gasteiger partial charge in [-0.3, -0.25) is 0 Å². The summed E-state index contributed by atoms with van der Waals surface area (Å²) in [5.41, 5.74) is -0.0536. The number of aromatic nitrogens is 1. The monoisotopic (exact) mass is 290 g/mol. The number of hydrogen-bond acceptors (Lipinski definition) is 4. The number of carboxylic acid groups (broad SMARTS) is 1. The summed E-state index contributed by atoms with van der Waals surface area (Å²) >= 11 is 0. The lowest BCUT2D eigenvalue weighted by molar-refractivity contribution is 0.0683. The van der Waals surface area contributed by atoms with Crippen molar-refractivity contribution >= 4 is 16.0 Å². The van der Waals surface area contributed by atoms with Gasteiger partial charge in [0.05, 0.1) is 6.61 Å². The second-order valence-electron chi connectivity index (χ2n) is 4.26. The highest BCUT2D eigenvalue weighted by Gasteiger charge is 2.21. The molecule has 0 fully saturated rings. The summed E-state index contributed by atoms with van der Waals surface area (Å²) in [6.45, 7) is 3.94. The summed E-state index contributed by atoms with van der Waals surface area (Å²) in [6, 6.07) is 1.01. The van der Waals surface area contributed by atoms with Crippen molar-refractivity contribution in [1.82, 2.24) is 9.29 Å². The van der Waals surface area contributed by atoms with E-state index in [9.17, 15) is 13.2 Å². The Hall–Kier alpha value is -1.38. The molecule has 1 heterocycles. The second kappa shape index (κ2) is 6.18. The number of nitrogens with zero attached hydrogens (tertiary/aromatic N) is 1. The molecule has 0 saturated carbocycles. The number of carboxylic acids is 1. The van der Waals surface area contributed by atoms with Crippen LogP contribution in [0.2, 0.25) is 0 Å². The SMILES string of the molecule is COCCNS(=O)(=O)c1cc(C(=O)O)n(C(C)C)c1. The molecule has 1 aromatic rings. The van der Waals surface area contributed by atoms with E-state index in [-0.39, 0.29) is 29.8 Å². The zero-order valence-corrected chi connectivity index (χ0v) is 11.9. The van der Waals surface area contributed by atoms with Crippen LogP contribution < -0.4 is 4.72 Å². The molecule has 0 atom stereocenters. The Morgan fingerprint density at radius 1 is 1.53 bits per heavy atom. The summed E-state index contributed by atoms with van der Waals surface area (Å²) in [5, 5.41) is 9.05. The van der Waals surface area contributed by atoms with Crippen LogP contribution in [-0.2, 0) is 14.8 Å². The molecule has 108 valence electrons. The Kier molecular flexibility index (Phi) is 5.10. The third-order valence-electron chi connectivity index (χ3n) is 2.51. The first-order valence-electron chi connectivity index (χ1n) is 5.73. The van der Waals surface area contributed by atoms with Crippen LogP contribution in [-0.4, -0.2) is 44.3 Å². The fourth-order valence-corrected chi connectivity index (χ4v) is 2.60. The predicted molar refractivity (Wildman–Crippen MR) is 68.8 cm³/mol. The molecule has 0 aliphatic heterocycles. The van der Waals surface area contributed by atoms with Crippen molar-refractivity contribution in [3.05, 3.63) is 18.0 Å². The minimum absolute atomic E-state index is 0.0536. The largest absolute Gasteiger partial charge is 0.477 e. The van der Waals surface area contributed by atoms with Crippen molar-refractivity contribution in [1.29, 1.82) is 0 Å². The van der Waals surface area contributed by atoms with E-state index in [4.69, 9.17) is 9.84 Å². The average Bonchev–Trinajstić information content (AvgIpc) is 2.74. The summed E-state index contributed by atoms with van der Waals surface area (Å²) in [5.74, 6) is -1.16. The van der Waals surface area contributed by atoms with Gasteiger partial charge in [-0.2, -0.15) is 0 Å². The van der Waals surface area contributed by atoms with E-state index in [0.29, 0.717) is 0 Å². The number of rotatable bonds is 7. The molecular weight excluding hydrogens is 272 g/mol. The van der Waals surface area contributed by atoms with Gasteiger partial charge in [-0.1, -0.05) is 0 Å². The lowest BCUT2D eigenvalue weighted by Crippen LogP contribution is -2.26. The summed E-state index contributed by atoms with van der Waals surface area (Å²) < 4.78 is 32.4. The fourth-order valence-electron chi connectivity index (χ4n) is 1.56. The maximum Gasteiger partial charge on any atom is 0.352 e. The molecule has 0 amide bonds. The smallest absolute Gasteiger partial charge is 0.352 e. The molecule has 0 saturated heterocycles. The Balaban J connectivity index is 3.08. The van der Waals surface area contributed by atoms with E-state index < -0.39 is 16.0 Å². The molecule has 1 rings (SSSR count). The number of hydrogen-bond donors (Lipinski definition) is 2. The van der Waals surface area contributed by atoms with Gasteiger partial charge < -0.3 is 14.4 Å². The second-order valence-corrected chi connectivity index (χ2v) is 6.02. The Labute approximate surface area is 112 Å². The number of methoxy groups -OCH3 is 1. The quantitative estimate of drug-likeness (QED) is 0.720. The highest BCUT2D eigenvalue weighted by Crippen LogP contribution is 2.18. The minimum Gasteiger partial charge on any atom is -0.477 e. The van der Waals surface area contributed by atoms with Crippen LogP contribution in [0.5, 0.6) is 0 Å². The number of ether oxygens (including phenoxy) is 1. The van der Waals surface area contributed by atoms with E-state index in [0.717, 1.165) is 6.07 Å². The Bertz CT molecular complexity index is 547. The topological polar surface area (TPSA) is 97.6 Å². The Morgan fingerprint density at radius 3 is 2.58 bits per heavy atom. The van der Waals surface area contributed by atoms with Crippen LogP contribution in [0.15, 0.2) is 17.2 Å². The van der Waals surface area contributed by atoms with Gasteiger partial charge in [0.25, 0.3) is 0 Å². The van der Waals surface area contributed by atoms with Gasteiger partial charge in [0.15, 0.2) is 0 Å². The van der Waals surface area contributed by atoms with E-state index in [2.05, 4.69) is 4.72 Å². The molecule has 19 heavy (non-hydrogen) atoms. The first kappa shape index (κ1) is 15.7. The first-order chi connectivity index (χ1) is 8.79. The minimum atomic E-state index is -3.72. The van der Waals surface area contributed by atoms with Gasteiger partial charge in [-0.25, -0.2) is 17.9 Å². The highest BCUT2D eigenvalue weighted by molar-refractivity contribution is 7.89. The number of aromatic carboxylic acids is 1. The average molecular weight is 290 g/mol. The molecule has 0 bridgehead atoms. The third-order valence-corrected chi connectivity index (χ3v) is 3.94. The van der Waals surface area contributed by atoms with Crippen LogP contribution in [0.4, 0.5) is 0 Å². The molecular formula is C11H18N2O5S. The molecule has 0 aliphatic carbocycles. The van der Waals surface area contributed by atoms with Crippen LogP contribution in [0.3, 0.4) is 0 Å². The van der Waals surface area contributed by atoms with Crippen LogP contribution in [0, 0.1) is 0 Å². The maximum absolute atomic E-state index is 11.9. The Morgan fingerprint density at radius 2 is 2.16 bits per heavy atom. The van der Waals surface area contributed by atoms with Crippen molar-refractivity contribution < 1.29 is 23.1 Å². The van der Waals surface area contributed by atoms with Crippen LogP contribution in [0.1, 0.15) is 30.4 Å². The summed E-state index contributed by atoms with van der Waals surface area (Å²) in [6.07, 6.45) is 1.32. The van der Waals surface area contributed by atoms with E-state index in [1.54, 1.807) is 13.8 Å². The molecule has 0 unspecified atom stereocenters. The maximum atomic E-state index is 11.9. The lowest BCUT2D eigenvalue weighted by atomic mass is 10.3. The van der Waals surface area contributed by atoms with Crippen molar-refractivity contribution in [2.24, 2.45) is 0 Å². The molecule has 1 aromatic heterocycles. The lowest BCUT2D eigenvalue weighted by Gasteiger charge is -2.09. The fraction of sp³-hybridized carbons (Fsp3) is 0.545. The van der Waals surface area contributed by atoms with Crippen molar-refractivity contribution in [2.75, 3.05) is 20.3 Å². The first-order valence-corrected chi connectivity index (χ1v) is 7.21. The number of carbonyl (C=O) groups is 1.